The minimum atomic E-state index is 0.473. The third kappa shape index (κ3) is 2.88. The zero-order valence-electron chi connectivity index (χ0n) is 9.00. The Bertz CT molecular complexity index is 171. The first-order valence-electron chi connectivity index (χ1n) is 5.79. The summed E-state index contributed by atoms with van der Waals surface area (Å²) in [4.78, 5) is 0. The van der Waals surface area contributed by atoms with Crippen LogP contribution in [0.2, 0.25) is 0 Å². The van der Waals surface area contributed by atoms with Crippen molar-refractivity contribution in [2.45, 2.75) is 38.3 Å². The molecule has 2 aliphatic heterocycles. The van der Waals surface area contributed by atoms with Crippen LogP contribution < -0.4 is 5.32 Å². The molecule has 0 aromatic carbocycles. The molecule has 2 rings (SSSR count). The van der Waals surface area contributed by atoms with E-state index in [0.29, 0.717) is 6.10 Å². The van der Waals surface area contributed by atoms with Crippen molar-refractivity contribution >= 4 is 11.8 Å². The normalized spacial score (nSPS) is 34.9. The topological polar surface area (TPSA) is 21.3 Å². The predicted octanol–water partition coefficient (Wildman–Crippen LogP) is 1.90. The van der Waals surface area contributed by atoms with E-state index >= 15 is 0 Å². The van der Waals surface area contributed by atoms with E-state index in [1.165, 1.54) is 30.8 Å². The summed E-state index contributed by atoms with van der Waals surface area (Å²) in [6.45, 7) is 4.33. The average molecular weight is 215 g/mol. The molecule has 2 aliphatic rings. The van der Waals surface area contributed by atoms with Crippen molar-refractivity contribution in [3.8, 4) is 0 Å². The SMILES string of the molecule is CC1OCCC1CNC1CCSCC1. The number of rotatable bonds is 3. The van der Waals surface area contributed by atoms with Crippen molar-refractivity contribution in [3.63, 3.8) is 0 Å². The Balaban J connectivity index is 1.65. The number of hydrogen-bond donors (Lipinski definition) is 1. The van der Waals surface area contributed by atoms with Gasteiger partial charge in [0, 0.05) is 19.2 Å². The minimum Gasteiger partial charge on any atom is -0.378 e. The highest BCUT2D eigenvalue weighted by Gasteiger charge is 2.24. The summed E-state index contributed by atoms with van der Waals surface area (Å²) in [5.74, 6) is 3.44. The average Bonchev–Trinajstić information content (AvgIpc) is 2.63. The van der Waals surface area contributed by atoms with Gasteiger partial charge in [-0.05, 0) is 43.6 Å². The Kier molecular flexibility index (Phi) is 4.14. The van der Waals surface area contributed by atoms with Gasteiger partial charge in [-0.1, -0.05) is 0 Å². The fourth-order valence-electron chi connectivity index (χ4n) is 2.26. The number of hydrogen-bond acceptors (Lipinski definition) is 3. The summed E-state index contributed by atoms with van der Waals surface area (Å²) in [7, 11) is 0. The Hall–Kier alpha value is 0.270. The molecule has 2 unspecified atom stereocenters. The molecule has 82 valence electrons. The zero-order valence-corrected chi connectivity index (χ0v) is 9.81. The van der Waals surface area contributed by atoms with Gasteiger partial charge in [0.1, 0.15) is 0 Å². The van der Waals surface area contributed by atoms with E-state index in [1.54, 1.807) is 0 Å². The summed E-state index contributed by atoms with van der Waals surface area (Å²) < 4.78 is 5.56. The van der Waals surface area contributed by atoms with Gasteiger partial charge in [-0.25, -0.2) is 0 Å². The molecule has 14 heavy (non-hydrogen) atoms. The van der Waals surface area contributed by atoms with Crippen molar-refractivity contribution < 1.29 is 4.74 Å². The maximum atomic E-state index is 5.56. The van der Waals surface area contributed by atoms with E-state index in [0.717, 1.165) is 25.1 Å². The highest BCUT2D eigenvalue weighted by atomic mass is 32.2. The van der Waals surface area contributed by atoms with E-state index in [1.807, 2.05) is 0 Å². The van der Waals surface area contributed by atoms with Crippen LogP contribution in [0.3, 0.4) is 0 Å². The molecule has 0 radical (unpaired) electrons. The van der Waals surface area contributed by atoms with E-state index in [-0.39, 0.29) is 0 Å². The van der Waals surface area contributed by atoms with Crippen molar-refractivity contribution in [2.75, 3.05) is 24.7 Å². The second kappa shape index (κ2) is 5.38. The first-order chi connectivity index (χ1) is 6.86. The van der Waals surface area contributed by atoms with E-state index < -0.39 is 0 Å². The van der Waals surface area contributed by atoms with E-state index in [9.17, 15) is 0 Å². The lowest BCUT2D eigenvalue weighted by Gasteiger charge is -2.25. The molecular formula is C11H21NOS. The van der Waals surface area contributed by atoms with Crippen molar-refractivity contribution in [2.24, 2.45) is 5.92 Å². The number of thioether (sulfide) groups is 1. The summed E-state index contributed by atoms with van der Waals surface area (Å²) in [5.41, 5.74) is 0. The Morgan fingerprint density at radius 2 is 2.07 bits per heavy atom. The van der Waals surface area contributed by atoms with Crippen LogP contribution in [0, 0.1) is 5.92 Å². The number of ether oxygens (including phenoxy) is 1. The van der Waals surface area contributed by atoms with Gasteiger partial charge in [0.2, 0.25) is 0 Å². The Labute approximate surface area is 91.2 Å². The molecule has 2 atom stereocenters. The lowest BCUT2D eigenvalue weighted by molar-refractivity contribution is 0.105. The number of nitrogens with one attached hydrogen (secondary N) is 1. The van der Waals surface area contributed by atoms with Gasteiger partial charge in [0.15, 0.2) is 0 Å². The van der Waals surface area contributed by atoms with Crippen LogP contribution >= 0.6 is 11.8 Å². The standard InChI is InChI=1S/C11H21NOS/c1-9-10(2-5-13-9)8-12-11-3-6-14-7-4-11/h9-12H,2-8H2,1H3. The van der Waals surface area contributed by atoms with Gasteiger partial charge < -0.3 is 10.1 Å². The largest absolute Gasteiger partial charge is 0.378 e. The third-order valence-corrected chi connectivity index (χ3v) is 4.47. The lowest BCUT2D eigenvalue weighted by atomic mass is 10.0. The molecule has 0 saturated carbocycles. The quantitative estimate of drug-likeness (QED) is 0.777. The summed E-state index contributed by atoms with van der Waals surface area (Å²) >= 11 is 2.09. The monoisotopic (exact) mass is 215 g/mol. The van der Waals surface area contributed by atoms with E-state index in [4.69, 9.17) is 4.74 Å². The molecular weight excluding hydrogens is 194 g/mol. The molecule has 2 saturated heterocycles. The fourth-order valence-corrected chi connectivity index (χ4v) is 3.37. The van der Waals surface area contributed by atoms with Crippen LogP contribution in [0.5, 0.6) is 0 Å². The van der Waals surface area contributed by atoms with Crippen LogP contribution in [-0.4, -0.2) is 36.8 Å². The molecule has 0 aromatic heterocycles. The molecule has 0 amide bonds. The van der Waals surface area contributed by atoms with Gasteiger partial charge in [-0.15, -0.1) is 0 Å². The second-order valence-electron chi connectivity index (χ2n) is 4.42. The van der Waals surface area contributed by atoms with Crippen molar-refractivity contribution in [3.05, 3.63) is 0 Å². The first kappa shape index (κ1) is 10.8. The van der Waals surface area contributed by atoms with Gasteiger partial charge in [-0.3, -0.25) is 0 Å². The summed E-state index contributed by atoms with van der Waals surface area (Å²) in [6, 6.07) is 0.782. The molecule has 0 spiro atoms. The highest BCUT2D eigenvalue weighted by molar-refractivity contribution is 7.99. The van der Waals surface area contributed by atoms with Gasteiger partial charge in [-0.2, -0.15) is 11.8 Å². The fraction of sp³-hybridized carbons (Fsp3) is 1.00. The molecule has 3 heteroatoms. The van der Waals surface area contributed by atoms with E-state index in [2.05, 4.69) is 24.0 Å². The Morgan fingerprint density at radius 3 is 2.71 bits per heavy atom. The smallest absolute Gasteiger partial charge is 0.0588 e. The molecule has 2 nitrogen and oxygen atoms in total. The third-order valence-electron chi connectivity index (χ3n) is 3.42. The van der Waals surface area contributed by atoms with Crippen molar-refractivity contribution in [1.29, 1.82) is 0 Å². The van der Waals surface area contributed by atoms with Crippen LogP contribution in [0.4, 0.5) is 0 Å². The van der Waals surface area contributed by atoms with Gasteiger partial charge >= 0.3 is 0 Å². The van der Waals surface area contributed by atoms with Crippen LogP contribution in [-0.2, 0) is 4.74 Å². The highest BCUT2D eigenvalue weighted by Crippen LogP contribution is 2.21. The molecule has 0 bridgehead atoms. The molecule has 1 N–H and O–H groups in total. The molecule has 2 fully saturated rings. The van der Waals surface area contributed by atoms with Crippen LogP contribution in [0.15, 0.2) is 0 Å². The molecule has 0 aliphatic carbocycles. The Morgan fingerprint density at radius 1 is 1.29 bits per heavy atom. The zero-order chi connectivity index (χ0) is 9.80. The molecule has 0 aromatic rings. The maximum absolute atomic E-state index is 5.56. The summed E-state index contributed by atoms with van der Waals surface area (Å²) in [6.07, 6.45) is 4.43. The molecule has 2 heterocycles. The van der Waals surface area contributed by atoms with Crippen LogP contribution in [0.1, 0.15) is 26.2 Å². The first-order valence-corrected chi connectivity index (χ1v) is 6.94. The predicted molar refractivity (Wildman–Crippen MR) is 61.9 cm³/mol. The van der Waals surface area contributed by atoms with Gasteiger partial charge in [0.05, 0.1) is 6.10 Å². The second-order valence-corrected chi connectivity index (χ2v) is 5.64. The maximum Gasteiger partial charge on any atom is 0.0588 e. The minimum absolute atomic E-state index is 0.473. The van der Waals surface area contributed by atoms with Crippen molar-refractivity contribution in [1.82, 2.24) is 5.32 Å². The van der Waals surface area contributed by atoms with Crippen LogP contribution in [0.25, 0.3) is 0 Å². The lowest BCUT2D eigenvalue weighted by Crippen LogP contribution is -2.37. The van der Waals surface area contributed by atoms with Gasteiger partial charge in [0.25, 0.3) is 0 Å². The summed E-state index contributed by atoms with van der Waals surface area (Å²) in [5, 5.41) is 3.70.